The Morgan fingerprint density at radius 2 is 1.97 bits per heavy atom. The van der Waals surface area contributed by atoms with E-state index in [0.717, 1.165) is 25.4 Å². The summed E-state index contributed by atoms with van der Waals surface area (Å²) in [5.74, 6) is 1.73. The van der Waals surface area contributed by atoms with Crippen molar-refractivity contribution in [3.05, 3.63) is 24.0 Å². The standard InChI is InChI=1S/C24H31F2N5O2/c1-13(2)31-19(9-18(29-31)14-6-20(33-23(25)26)22(27)28-10-14)21-16-7-15(8-17(16)21)30-11-24(12-30)4-3-5-32-24/h6,9-10,13,15-17,21,23H,3-5,7-8,11-12H2,1-2H3,(H2,27,28)/t15-,16+,17-,21-. The molecule has 0 amide bonds. The molecule has 0 bridgehead atoms. The number of fused-ring (bicyclic) bond motifs is 1. The molecule has 4 aliphatic rings. The van der Waals surface area contributed by atoms with E-state index in [4.69, 9.17) is 15.6 Å². The van der Waals surface area contributed by atoms with Crippen LogP contribution in [0.5, 0.6) is 5.75 Å². The van der Waals surface area contributed by atoms with Gasteiger partial charge in [0.05, 0.1) is 11.3 Å². The Morgan fingerprint density at radius 1 is 1.21 bits per heavy atom. The summed E-state index contributed by atoms with van der Waals surface area (Å²) in [6.45, 7) is 4.41. The molecule has 4 heterocycles. The van der Waals surface area contributed by atoms with Crippen LogP contribution in [0.1, 0.15) is 57.2 Å². The molecule has 9 heteroatoms. The maximum absolute atomic E-state index is 12.7. The number of anilines is 1. The van der Waals surface area contributed by atoms with Crippen LogP contribution in [0.3, 0.4) is 0 Å². The third kappa shape index (κ3) is 3.60. The van der Waals surface area contributed by atoms with E-state index < -0.39 is 6.61 Å². The molecule has 2 saturated heterocycles. The molecule has 0 radical (unpaired) electrons. The first-order valence-corrected chi connectivity index (χ1v) is 12.0. The monoisotopic (exact) mass is 459 g/mol. The fourth-order valence-corrected chi connectivity index (χ4v) is 6.50. The molecule has 4 atom stereocenters. The lowest BCUT2D eigenvalue weighted by atomic mass is 9.88. The number of hydrogen-bond acceptors (Lipinski definition) is 6. The zero-order chi connectivity index (χ0) is 22.9. The number of halogens is 2. The van der Waals surface area contributed by atoms with E-state index in [1.54, 1.807) is 6.20 Å². The van der Waals surface area contributed by atoms with Crippen LogP contribution in [-0.2, 0) is 4.74 Å². The summed E-state index contributed by atoms with van der Waals surface area (Å²) in [6.07, 6.45) is 6.46. The van der Waals surface area contributed by atoms with Crippen LogP contribution in [-0.4, -0.2) is 57.6 Å². The normalized spacial score (nSPS) is 30.2. The summed E-state index contributed by atoms with van der Waals surface area (Å²) in [4.78, 5) is 6.67. The van der Waals surface area contributed by atoms with Gasteiger partial charge in [0.1, 0.15) is 0 Å². The molecule has 7 nitrogen and oxygen atoms in total. The van der Waals surface area contributed by atoms with Crippen molar-refractivity contribution in [3.63, 3.8) is 0 Å². The largest absolute Gasteiger partial charge is 0.431 e. The second-order valence-corrected chi connectivity index (χ2v) is 10.5. The number of rotatable bonds is 6. The van der Waals surface area contributed by atoms with E-state index in [2.05, 4.69) is 39.2 Å². The second-order valence-electron chi connectivity index (χ2n) is 10.5. The maximum Gasteiger partial charge on any atom is 0.387 e. The fourth-order valence-electron chi connectivity index (χ4n) is 6.50. The summed E-state index contributed by atoms with van der Waals surface area (Å²) in [5, 5.41) is 4.81. The smallest absolute Gasteiger partial charge is 0.387 e. The Kier molecular flexibility index (Phi) is 4.92. The molecule has 2 aromatic heterocycles. The molecule has 1 spiro atoms. The molecule has 6 rings (SSSR count). The van der Waals surface area contributed by atoms with Gasteiger partial charge in [-0.2, -0.15) is 13.9 Å². The Labute approximate surface area is 192 Å². The minimum Gasteiger partial charge on any atom is -0.431 e. The average molecular weight is 460 g/mol. The van der Waals surface area contributed by atoms with Crippen LogP contribution in [0.4, 0.5) is 14.6 Å². The Morgan fingerprint density at radius 3 is 2.61 bits per heavy atom. The van der Waals surface area contributed by atoms with Crippen molar-refractivity contribution >= 4 is 5.82 Å². The van der Waals surface area contributed by atoms with E-state index in [1.165, 1.54) is 37.4 Å². The van der Waals surface area contributed by atoms with Crippen molar-refractivity contribution in [3.8, 4) is 17.0 Å². The number of ether oxygens (including phenoxy) is 2. The SMILES string of the molecule is CC(C)n1nc(-c2cnc(N)c(OC(F)F)c2)cc1[C@H]1[C@@H]2C[C@H](N3CC4(CCCO4)C3)C[C@@H]21. The summed E-state index contributed by atoms with van der Waals surface area (Å²) in [6, 6.07) is 4.48. The van der Waals surface area contributed by atoms with Gasteiger partial charge in [-0.3, -0.25) is 9.58 Å². The average Bonchev–Trinajstić information content (AvgIpc) is 3.23. The molecule has 0 aromatic carbocycles. The number of alkyl halides is 2. The van der Waals surface area contributed by atoms with E-state index in [-0.39, 0.29) is 23.2 Å². The van der Waals surface area contributed by atoms with Crippen LogP contribution in [0.25, 0.3) is 11.3 Å². The number of nitrogens with zero attached hydrogens (tertiary/aromatic N) is 4. The second kappa shape index (κ2) is 7.63. The number of hydrogen-bond donors (Lipinski definition) is 1. The molecule has 4 fully saturated rings. The lowest BCUT2D eigenvalue weighted by molar-refractivity contribution is -0.126. The minimum atomic E-state index is -2.95. The van der Waals surface area contributed by atoms with Crippen molar-refractivity contribution in [2.75, 3.05) is 25.4 Å². The predicted octanol–water partition coefficient (Wildman–Crippen LogP) is 4.07. The number of nitrogens with two attached hydrogens (primary N) is 1. The first-order valence-electron chi connectivity index (χ1n) is 12.0. The number of aromatic nitrogens is 3. The highest BCUT2D eigenvalue weighted by molar-refractivity contribution is 5.64. The highest BCUT2D eigenvalue weighted by Crippen LogP contribution is 2.64. The van der Waals surface area contributed by atoms with Gasteiger partial charge in [0, 0.05) is 55.2 Å². The van der Waals surface area contributed by atoms with Gasteiger partial charge in [0.25, 0.3) is 0 Å². The molecule has 33 heavy (non-hydrogen) atoms. The topological polar surface area (TPSA) is 78.4 Å². The highest BCUT2D eigenvalue weighted by atomic mass is 19.3. The molecule has 178 valence electrons. The number of likely N-dealkylation sites (tertiary alicyclic amines) is 1. The molecule has 2 aliphatic heterocycles. The van der Waals surface area contributed by atoms with Gasteiger partial charge < -0.3 is 15.2 Å². The van der Waals surface area contributed by atoms with Gasteiger partial charge in [-0.1, -0.05) is 0 Å². The molecule has 2 saturated carbocycles. The summed E-state index contributed by atoms with van der Waals surface area (Å²) >= 11 is 0. The van der Waals surface area contributed by atoms with E-state index >= 15 is 0 Å². The van der Waals surface area contributed by atoms with Crippen LogP contribution >= 0.6 is 0 Å². The summed E-state index contributed by atoms with van der Waals surface area (Å²) in [5.41, 5.74) is 8.45. The zero-order valence-electron chi connectivity index (χ0n) is 19.1. The van der Waals surface area contributed by atoms with Crippen molar-refractivity contribution in [1.29, 1.82) is 0 Å². The predicted molar refractivity (Wildman–Crippen MR) is 119 cm³/mol. The van der Waals surface area contributed by atoms with Gasteiger partial charge in [0.15, 0.2) is 11.6 Å². The summed E-state index contributed by atoms with van der Waals surface area (Å²) in [7, 11) is 0. The van der Waals surface area contributed by atoms with Gasteiger partial charge in [-0.25, -0.2) is 4.98 Å². The number of nitrogen functional groups attached to an aromatic ring is 1. The van der Waals surface area contributed by atoms with Crippen molar-refractivity contribution in [2.24, 2.45) is 11.8 Å². The van der Waals surface area contributed by atoms with Gasteiger partial charge >= 0.3 is 6.61 Å². The van der Waals surface area contributed by atoms with Crippen LogP contribution in [0.15, 0.2) is 18.3 Å². The number of pyridine rings is 1. The lowest BCUT2D eigenvalue weighted by Gasteiger charge is -2.50. The first-order chi connectivity index (χ1) is 15.8. The van der Waals surface area contributed by atoms with Crippen molar-refractivity contribution in [1.82, 2.24) is 19.7 Å². The molecular formula is C24H31F2N5O2. The van der Waals surface area contributed by atoms with Crippen molar-refractivity contribution in [2.45, 2.75) is 69.7 Å². The van der Waals surface area contributed by atoms with E-state index in [1.807, 2.05) is 0 Å². The molecule has 0 unspecified atom stereocenters. The zero-order valence-corrected chi connectivity index (χ0v) is 19.1. The van der Waals surface area contributed by atoms with Crippen LogP contribution in [0, 0.1) is 11.8 Å². The third-order valence-corrected chi connectivity index (χ3v) is 8.09. The summed E-state index contributed by atoms with van der Waals surface area (Å²) < 4.78 is 38.1. The van der Waals surface area contributed by atoms with Gasteiger partial charge in [-0.05, 0) is 63.5 Å². The minimum absolute atomic E-state index is 0.0545. The van der Waals surface area contributed by atoms with E-state index in [0.29, 0.717) is 29.4 Å². The maximum atomic E-state index is 12.7. The molecular weight excluding hydrogens is 428 g/mol. The Balaban J connectivity index is 1.18. The quantitative estimate of drug-likeness (QED) is 0.702. The van der Waals surface area contributed by atoms with Gasteiger partial charge in [-0.15, -0.1) is 0 Å². The molecule has 2 aromatic rings. The van der Waals surface area contributed by atoms with Crippen LogP contribution in [0.2, 0.25) is 0 Å². The van der Waals surface area contributed by atoms with E-state index in [9.17, 15) is 8.78 Å². The Hall–Kier alpha value is -2.26. The fraction of sp³-hybridized carbons (Fsp3) is 0.667. The van der Waals surface area contributed by atoms with Crippen LogP contribution < -0.4 is 10.5 Å². The third-order valence-electron chi connectivity index (χ3n) is 8.09. The van der Waals surface area contributed by atoms with Gasteiger partial charge in [0.2, 0.25) is 0 Å². The first kappa shape index (κ1) is 21.3. The molecule has 2 aliphatic carbocycles. The van der Waals surface area contributed by atoms with Crippen molar-refractivity contribution < 1.29 is 18.3 Å². The lowest BCUT2D eigenvalue weighted by Crippen LogP contribution is -2.64. The Bertz CT molecular complexity index is 1030. The highest BCUT2D eigenvalue weighted by Gasteiger charge is 2.61. The molecule has 2 N–H and O–H groups in total.